The fourth-order valence-electron chi connectivity index (χ4n) is 10.2. The molecule has 0 bridgehead atoms. The summed E-state index contributed by atoms with van der Waals surface area (Å²) in [5.41, 5.74) is 12.0. The van der Waals surface area contributed by atoms with Gasteiger partial charge in [0.1, 0.15) is 6.29 Å². The smallest absolute Gasteiger partial charge is 0.150 e. The summed E-state index contributed by atoms with van der Waals surface area (Å²) in [5, 5.41) is 0. The maximum Gasteiger partial charge on any atom is 0.150 e. The van der Waals surface area contributed by atoms with Crippen molar-refractivity contribution in [2.45, 2.75) is 187 Å². The number of benzene rings is 4. The summed E-state index contributed by atoms with van der Waals surface area (Å²) in [6.07, 6.45) is 22.1. The van der Waals surface area contributed by atoms with Gasteiger partial charge in [-0.25, -0.2) is 0 Å². The largest absolute Gasteiger partial charge is 0.375 e. The van der Waals surface area contributed by atoms with Gasteiger partial charge in [0, 0.05) is 33.9 Å². The predicted octanol–water partition coefficient (Wildman–Crippen LogP) is 16.2. The normalized spacial score (nSPS) is 21.3. The van der Waals surface area contributed by atoms with E-state index in [2.05, 4.69) is 91.0 Å². The van der Waals surface area contributed by atoms with Gasteiger partial charge in [0.2, 0.25) is 0 Å². The van der Waals surface area contributed by atoms with Crippen LogP contribution in [0.3, 0.4) is 0 Å². The molecule has 2 aliphatic carbocycles. The standard InChI is InChI=1S/C25H32O.C17H25NO.C7H6O.4C2H6.3H2/c1-3-11-22(12-4-1)13-7-8-16-24(23-14-5-2-6-15-23)19-20-26-25(21-24)17-9-10-18-25;18-12-10-16(15-6-2-1-3-7-15)11-13-19-17(14-16)8-4-5-9-17;8-6-7-4-2-1-3-5-7;4*1-2;;;/h1-6,11-12,14-15H,7-10,13,16-21H2;1-3,6-7H,4-5,8-14,18H2;1-6H;4*1-2H3;3*1H/t24-;16-;;;;;;;;/m11......../s1. The van der Waals surface area contributed by atoms with Crippen molar-refractivity contribution >= 4 is 6.29 Å². The van der Waals surface area contributed by atoms with Gasteiger partial charge in [-0.05, 0) is 100 Å². The molecule has 2 saturated heterocycles. The quantitative estimate of drug-likeness (QED) is 0.128. The van der Waals surface area contributed by atoms with E-state index >= 15 is 0 Å². The Morgan fingerprint density at radius 1 is 0.508 bits per heavy atom. The fraction of sp³-hybridized carbons (Fsp3) is 0.561. The van der Waals surface area contributed by atoms with Crippen molar-refractivity contribution < 1.29 is 18.5 Å². The second kappa shape index (κ2) is 30.5. The van der Waals surface area contributed by atoms with Crippen molar-refractivity contribution in [1.29, 1.82) is 0 Å². The van der Waals surface area contributed by atoms with Gasteiger partial charge in [-0.2, -0.15) is 0 Å². The Hall–Kier alpha value is -3.57. The first-order valence-electron chi connectivity index (χ1n) is 24.7. The maximum absolute atomic E-state index is 10.0. The predicted molar refractivity (Wildman–Crippen MR) is 270 cm³/mol. The molecule has 2 spiro atoms. The summed E-state index contributed by atoms with van der Waals surface area (Å²) in [6, 6.07) is 42.3. The van der Waals surface area contributed by atoms with E-state index in [9.17, 15) is 4.79 Å². The lowest BCUT2D eigenvalue weighted by Crippen LogP contribution is -2.46. The number of nitrogens with two attached hydrogens (primary N) is 1. The highest BCUT2D eigenvalue weighted by Gasteiger charge is 2.48. The molecule has 4 aliphatic rings. The molecule has 4 aromatic carbocycles. The molecular formula is C57H93NO3. The Morgan fingerprint density at radius 2 is 0.885 bits per heavy atom. The lowest BCUT2D eigenvalue weighted by Gasteiger charge is -2.47. The van der Waals surface area contributed by atoms with Gasteiger partial charge in [-0.3, -0.25) is 4.79 Å². The van der Waals surface area contributed by atoms with Crippen LogP contribution in [0.2, 0.25) is 0 Å². The molecule has 4 aromatic rings. The molecule has 2 heterocycles. The van der Waals surface area contributed by atoms with E-state index in [-0.39, 0.29) is 20.9 Å². The number of carbonyl (C=O) groups is 1. The molecular weight excluding hydrogens is 747 g/mol. The highest BCUT2D eigenvalue weighted by atomic mass is 16.5. The summed E-state index contributed by atoms with van der Waals surface area (Å²) in [7, 11) is 0. The number of hydrogen-bond donors (Lipinski definition) is 1. The molecule has 2 atom stereocenters. The highest BCUT2D eigenvalue weighted by molar-refractivity contribution is 5.74. The van der Waals surface area contributed by atoms with Crippen LogP contribution in [0.15, 0.2) is 121 Å². The van der Waals surface area contributed by atoms with E-state index in [1.807, 2.05) is 73.6 Å². The summed E-state index contributed by atoms with van der Waals surface area (Å²) in [5.74, 6) is 0. The van der Waals surface area contributed by atoms with E-state index in [0.29, 0.717) is 5.41 Å². The Balaban J connectivity index is 0. The Morgan fingerprint density at radius 3 is 1.26 bits per heavy atom. The van der Waals surface area contributed by atoms with Crippen molar-refractivity contribution in [3.63, 3.8) is 0 Å². The highest BCUT2D eigenvalue weighted by Crippen LogP contribution is 2.51. The minimum absolute atomic E-state index is 0. The van der Waals surface area contributed by atoms with E-state index in [0.717, 1.165) is 44.4 Å². The number of ether oxygens (including phenoxy) is 2. The molecule has 344 valence electrons. The molecule has 8 rings (SSSR count). The zero-order valence-electron chi connectivity index (χ0n) is 40.1. The van der Waals surface area contributed by atoms with Crippen molar-refractivity contribution in [2.75, 3.05) is 19.8 Å². The Kier molecular flexibility index (Phi) is 26.8. The maximum atomic E-state index is 10.0. The van der Waals surface area contributed by atoms with E-state index in [1.54, 1.807) is 17.7 Å². The summed E-state index contributed by atoms with van der Waals surface area (Å²) in [6.45, 7) is 18.6. The molecule has 2 aliphatic heterocycles. The zero-order valence-corrected chi connectivity index (χ0v) is 40.1. The monoisotopic (exact) mass is 840 g/mol. The summed E-state index contributed by atoms with van der Waals surface area (Å²) >= 11 is 0. The number of hydrogen-bond acceptors (Lipinski definition) is 4. The first kappa shape index (κ1) is 53.6. The molecule has 4 fully saturated rings. The topological polar surface area (TPSA) is 61.5 Å². The number of carbonyl (C=O) groups excluding carboxylic acids is 1. The van der Waals surface area contributed by atoms with Gasteiger partial charge in [0.05, 0.1) is 11.2 Å². The number of rotatable bonds is 10. The Bertz CT molecular complexity index is 1630. The van der Waals surface area contributed by atoms with Gasteiger partial charge >= 0.3 is 0 Å². The molecule has 61 heavy (non-hydrogen) atoms. The lowest BCUT2D eigenvalue weighted by atomic mass is 9.65. The van der Waals surface area contributed by atoms with Gasteiger partial charge < -0.3 is 15.2 Å². The third-order valence-corrected chi connectivity index (χ3v) is 12.9. The average molecular weight is 840 g/mol. The Labute approximate surface area is 379 Å². The zero-order chi connectivity index (χ0) is 44.7. The average Bonchev–Trinajstić information content (AvgIpc) is 4.01. The number of unbranched alkanes of at least 4 members (excludes halogenated alkanes) is 1. The van der Waals surface area contributed by atoms with E-state index in [1.165, 1.54) is 107 Å². The van der Waals surface area contributed by atoms with Crippen LogP contribution in [0.1, 0.15) is 189 Å². The minimum Gasteiger partial charge on any atom is -0.375 e. The van der Waals surface area contributed by atoms with Gasteiger partial charge in [0.15, 0.2) is 0 Å². The second-order valence-corrected chi connectivity index (χ2v) is 16.4. The van der Waals surface area contributed by atoms with Crippen LogP contribution in [-0.4, -0.2) is 37.2 Å². The van der Waals surface area contributed by atoms with Gasteiger partial charge in [-0.15, -0.1) is 0 Å². The van der Waals surface area contributed by atoms with Crippen LogP contribution in [0.25, 0.3) is 0 Å². The number of aryl methyl sites for hydroxylation is 1. The second-order valence-electron chi connectivity index (χ2n) is 16.4. The molecule has 0 aromatic heterocycles. The summed E-state index contributed by atoms with van der Waals surface area (Å²) < 4.78 is 12.6. The van der Waals surface area contributed by atoms with Crippen molar-refractivity contribution in [3.05, 3.63) is 144 Å². The minimum atomic E-state index is 0. The van der Waals surface area contributed by atoms with Crippen LogP contribution in [-0.2, 0) is 26.7 Å². The molecule has 4 nitrogen and oxygen atoms in total. The van der Waals surface area contributed by atoms with Crippen molar-refractivity contribution in [3.8, 4) is 0 Å². The van der Waals surface area contributed by atoms with Crippen LogP contribution in [0.4, 0.5) is 0 Å². The first-order chi connectivity index (χ1) is 30.0. The third-order valence-electron chi connectivity index (χ3n) is 12.9. The molecule has 4 heteroatoms. The first-order valence-corrected chi connectivity index (χ1v) is 24.7. The molecule has 0 amide bonds. The van der Waals surface area contributed by atoms with Crippen molar-refractivity contribution in [2.24, 2.45) is 5.73 Å². The molecule has 2 saturated carbocycles. The molecule has 0 unspecified atom stereocenters. The van der Waals surface area contributed by atoms with Gasteiger partial charge in [0.25, 0.3) is 0 Å². The van der Waals surface area contributed by atoms with Crippen molar-refractivity contribution in [1.82, 2.24) is 0 Å². The van der Waals surface area contributed by atoms with Crippen LogP contribution < -0.4 is 5.73 Å². The van der Waals surface area contributed by atoms with E-state index in [4.69, 9.17) is 15.2 Å². The lowest BCUT2D eigenvalue weighted by molar-refractivity contribution is -0.104. The fourth-order valence-corrected chi connectivity index (χ4v) is 10.2. The van der Waals surface area contributed by atoms with E-state index < -0.39 is 0 Å². The number of aldehydes is 1. The summed E-state index contributed by atoms with van der Waals surface area (Å²) in [4.78, 5) is 10.0. The van der Waals surface area contributed by atoms with Gasteiger partial charge in [-0.1, -0.05) is 209 Å². The van der Waals surface area contributed by atoms with Crippen LogP contribution in [0, 0.1) is 0 Å². The third kappa shape index (κ3) is 16.6. The van der Waals surface area contributed by atoms with Crippen LogP contribution >= 0.6 is 0 Å². The molecule has 2 N–H and O–H groups in total. The SMILES string of the molecule is CC.CC.CC.CC.NCC[C@@]1(c2ccccc2)CCOC2(CCCC2)C1.O=Cc1ccccc1.[HH].[HH].[HH].c1ccc(CCCC[C@@]2(c3ccccc3)CCOC3(CCCC3)C2)cc1. The van der Waals surface area contributed by atoms with Crippen LogP contribution in [0.5, 0.6) is 0 Å². The molecule has 0 radical (unpaired) electrons.